The van der Waals surface area contributed by atoms with Gasteiger partial charge in [0.25, 0.3) is 0 Å². The number of carbonyl (C=O) groups excluding carboxylic acids is 1. The summed E-state index contributed by atoms with van der Waals surface area (Å²) < 4.78 is 13.0. The molecule has 2 aliphatic rings. The molecule has 2 saturated heterocycles. The van der Waals surface area contributed by atoms with Crippen LogP contribution in [0.25, 0.3) is 0 Å². The molecule has 2 amide bonds. The Morgan fingerprint density at radius 2 is 1.36 bits per heavy atom. The first-order valence-electron chi connectivity index (χ1n) is 7.86. The molecule has 5 nitrogen and oxygen atoms in total. The molecule has 0 radical (unpaired) electrons. The lowest BCUT2D eigenvalue weighted by molar-refractivity contribution is 0.120. The SMILES string of the molecule is CN1CCN(C(=O)N2CCN(c3ccc(F)cc3)CC2)CC1. The molecular formula is C16H23FN4O. The van der Waals surface area contributed by atoms with Crippen molar-refractivity contribution in [2.24, 2.45) is 0 Å². The van der Waals surface area contributed by atoms with Crippen molar-refractivity contribution in [3.05, 3.63) is 30.1 Å². The second kappa shape index (κ2) is 6.52. The van der Waals surface area contributed by atoms with E-state index in [1.807, 2.05) is 9.80 Å². The van der Waals surface area contributed by atoms with E-state index in [1.54, 1.807) is 12.1 Å². The topological polar surface area (TPSA) is 30.0 Å². The second-order valence-electron chi connectivity index (χ2n) is 6.02. The Morgan fingerprint density at radius 3 is 1.91 bits per heavy atom. The maximum absolute atomic E-state index is 13.0. The number of benzene rings is 1. The fraction of sp³-hybridized carbons (Fsp3) is 0.562. The third-order valence-corrected chi connectivity index (χ3v) is 4.52. The molecule has 2 aliphatic heterocycles. The number of piperazine rings is 2. The second-order valence-corrected chi connectivity index (χ2v) is 6.02. The van der Waals surface area contributed by atoms with Gasteiger partial charge in [0.15, 0.2) is 0 Å². The van der Waals surface area contributed by atoms with Crippen LogP contribution in [0.3, 0.4) is 0 Å². The number of carbonyl (C=O) groups is 1. The summed E-state index contributed by atoms with van der Waals surface area (Å²) in [6.07, 6.45) is 0. The minimum absolute atomic E-state index is 0.159. The molecule has 0 saturated carbocycles. The first-order valence-corrected chi connectivity index (χ1v) is 7.86. The van der Waals surface area contributed by atoms with Gasteiger partial charge in [-0.05, 0) is 31.3 Å². The lowest BCUT2D eigenvalue weighted by Crippen LogP contribution is -2.56. The molecule has 0 unspecified atom stereocenters. The van der Waals surface area contributed by atoms with Crippen LogP contribution in [0.1, 0.15) is 0 Å². The predicted molar refractivity (Wildman–Crippen MR) is 84.7 cm³/mol. The number of urea groups is 1. The molecule has 2 fully saturated rings. The highest BCUT2D eigenvalue weighted by Gasteiger charge is 2.27. The fourth-order valence-corrected chi connectivity index (χ4v) is 3.01. The number of amides is 2. The highest BCUT2D eigenvalue weighted by molar-refractivity contribution is 5.75. The summed E-state index contributed by atoms with van der Waals surface area (Å²) in [6.45, 7) is 6.56. The van der Waals surface area contributed by atoms with E-state index in [9.17, 15) is 9.18 Å². The number of likely N-dealkylation sites (N-methyl/N-ethyl adjacent to an activating group) is 1. The molecule has 0 N–H and O–H groups in total. The Kier molecular flexibility index (Phi) is 4.47. The maximum atomic E-state index is 13.0. The molecule has 0 aliphatic carbocycles. The van der Waals surface area contributed by atoms with Crippen molar-refractivity contribution in [3.63, 3.8) is 0 Å². The number of nitrogens with zero attached hydrogens (tertiary/aromatic N) is 4. The first-order chi connectivity index (χ1) is 10.6. The van der Waals surface area contributed by atoms with Crippen molar-refractivity contribution in [1.82, 2.24) is 14.7 Å². The Bertz CT molecular complexity index is 505. The van der Waals surface area contributed by atoms with Gasteiger partial charge in [-0.25, -0.2) is 9.18 Å². The van der Waals surface area contributed by atoms with E-state index in [0.29, 0.717) is 0 Å². The van der Waals surface area contributed by atoms with Crippen LogP contribution in [0.2, 0.25) is 0 Å². The van der Waals surface area contributed by atoms with Gasteiger partial charge in [-0.2, -0.15) is 0 Å². The first kappa shape index (κ1) is 15.1. The molecule has 1 aromatic carbocycles. The number of anilines is 1. The van der Waals surface area contributed by atoms with Crippen molar-refractivity contribution in [2.75, 3.05) is 64.3 Å². The average Bonchev–Trinajstić information content (AvgIpc) is 2.56. The van der Waals surface area contributed by atoms with Crippen molar-refractivity contribution in [1.29, 1.82) is 0 Å². The van der Waals surface area contributed by atoms with Gasteiger partial charge in [-0.3, -0.25) is 0 Å². The summed E-state index contributed by atoms with van der Waals surface area (Å²) in [5, 5.41) is 0. The molecule has 22 heavy (non-hydrogen) atoms. The Hall–Kier alpha value is -1.82. The maximum Gasteiger partial charge on any atom is 0.320 e. The monoisotopic (exact) mass is 306 g/mol. The lowest BCUT2D eigenvalue weighted by atomic mass is 10.2. The van der Waals surface area contributed by atoms with E-state index < -0.39 is 0 Å². The molecule has 0 bridgehead atoms. The third kappa shape index (κ3) is 3.32. The van der Waals surface area contributed by atoms with Crippen LogP contribution in [0.4, 0.5) is 14.9 Å². The fourth-order valence-electron chi connectivity index (χ4n) is 3.01. The van der Waals surface area contributed by atoms with Crippen LogP contribution in [-0.4, -0.2) is 80.1 Å². The van der Waals surface area contributed by atoms with E-state index in [2.05, 4.69) is 16.8 Å². The summed E-state index contributed by atoms with van der Waals surface area (Å²) in [6, 6.07) is 6.72. The third-order valence-electron chi connectivity index (χ3n) is 4.52. The smallest absolute Gasteiger partial charge is 0.320 e. The van der Waals surface area contributed by atoms with E-state index >= 15 is 0 Å². The van der Waals surface area contributed by atoms with Crippen LogP contribution in [-0.2, 0) is 0 Å². The standard InChI is InChI=1S/C16H23FN4O/c1-18-6-8-20(9-7-18)16(22)21-12-10-19(11-13-21)15-4-2-14(17)3-5-15/h2-5H,6-13H2,1H3. The van der Waals surface area contributed by atoms with Gasteiger partial charge in [-0.15, -0.1) is 0 Å². The molecule has 0 atom stereocenters. The van der Waals surface area contributed by atoms with Gasteiger partial charge in [0.05, 0.1) is 0 Å². The van der Waals surface area contributed by atoms with Gasteiger partial charge in [-0.1, -0.05) is 0 Å². The number of rotatable bonds is 1. The van der Waals surface area contributed by atoms with Crippen molar-refractivity contribution in [2.45, 2.75) is 0 Å². The van der Waals surface area contributed by atoms with Gasteiger partial charge in [0.1, 0.15) is 5.82 Å². The summed E-state index contributed by atoms with van der Waals surface area (Å²) in [4.78, 5) is 20.8. The number of halogens is 1. The molecular weight excluding hydrogens is 283 g/mol. The zero-order valence-corrected chi connectivity index (χ0v) is 13.0. The summed E-state index contributed by atoms with van der Waals surface area (Å²) in [7, 11) is 2.09. The Balaban J connectivity index is 1.53. The normalized spacial score (nSPS) is 20.4. The summed E-state index contributed by atoms with van der Waals surface area (Å²) >= 11 is 0. The summed E-state index contributed by atoms with van der Waals surface area (Å²) in [5.41, 5.74) is 1.02. The Morgan fingerprint density at radius 1 is 0.864 bits per heavy atom. The van der Waals surface area contributed by atoms with Crippen molar-refractivity contribution >= 4 is 11.7 Å². The van der Waals surface area contributed by atoms with Crippen molar-refractivity contribution in [3.8, 4) is 0 Å². The van der Waals surface area contributed by atoms with E-state index in [-0.39, 0.29) is 11.8 Å². The molecule has 0 spiro atoms. The molecule has 0 aromatic heterocycles. The lowest BCUT2D eigenvalue weighted by Gasteiger charge is -2.40. The van der Waals surface area contributed by atoms with E-state index in [1.165, 1.54) is 12.1 Å². The van der Waals surface area contributed by atoms with E-state index in [4.69, 9.17) is 0 Å². The summed E-state index contributed by atoms with van der Waals surface area (Å²) in [5.74, 6) is -0.215. The zero-order chi connectivity index (χ0) is 15.5. The molecule has 2 heterocycles. The minimum Gasteiger partial charge on any atom is -0.368 e. The van der Waals surface area contributed by atoms with Crippen LogP contribution in [0, 0.1) is 5.82 Å². The minimum atomic E-state index is -0.215. The predicted octanol–water partition coefficient (Wildman–Crippen LogP) is 1.32. The molecule has 3 rings (SSSR count). The number of hydrogen-bond acceptors (Lipinski definition) is 3. The largest absolute Gasteiger partial charge is 0.368 e. The van der Waals surface area contributed by atoms with Crippen LogP contribution in [0.5, 0.6) is 0 Å². The quantitative estimate of drug-likeness (QED) is 0.784. The van der Waals surface area contributed by atoms with Gasteiger partial charge < -0.3 is 19.6 Å². The average molecular weight is 306 g/mol. The van der Waals surface area contributed by atoms with E-state index in [0.717, 1.165) is 58.0 Å². The highest BCUT2D eigenvalue weighted by atomic mass is 19.1. The van der Waals surface area contributed by atoms with Crippen LogP contribution >= 0.6 is 0 Å². The van der Waals surface area contributed by atoms with Gasteiger partial charge in [0, 0.05) is 58.0 Å². The molecule has 6 heteroatoms. The number of hydrogen-bond donors (Lipinski definition) is 0. The van der Waals surface area contributed by atoms with Gasteiger partial charge >= 0.3 is 6.03 Å². The Labute approximate surface area is 130 Å². The van der Waals surface area contributed by atoms with Crippen molar-refractivity contribution < 1.29 is 9.18 Å². The molecule has 1 aromatic rings. The van der Waals surface area contributed by atoms with Crippen LogP contribution in [0.15, 0.2) is 24.3 Å². The zero-order valence-electron chi connectivity index (χ0n) is 13.0. The highest BCUT2D eigenvalue weighted by Crippen LogP contribution is 2.17. The van der Waals surface area contributed by atoms with Crippen LogP contribution < -0.4 is 4.90 Å². The molecule has 120 valence electrons. The van der Waals surface area contributed by atoms with Gasteiger partial charge in [0.2, 0.25) is 0 Å².